The largest absolute Gasteiger partial charge is 0.472 e. The van der Waals surface area contributed by atoms with Crippen molar-refractivity contribution in [1.82, 2.24) is 0 Å². The summed E-state index contributed by atoms with van der Waals surface area (Å²) in [7, 11) is -5.70. The molecular weight excluding hydrogens is 1330 g/mol. The molecule has 18 atom stereocenters. The van der Waals surface area contributed by atoms with Gasteiger partial charge in [0.2, 0.25) is 0 Å². The average Bonchev–Trinajstić information content (AvgIpc) is 0.762. The lowest BCUT2D eigenvalue weighted by atomic mass is 9.84. The summed E-state index contributed by atoms with van der Waals surface area (Å²) in [5, 5.41) is 110. The summed E-state index contributed by atoms with van der Waals surface area (Å²) >= 11 is 0. The molecule has 0 spiro atoms. The Morgan fingerprint density at radius 3 is 1.08 bits per heavy atom. The molecule has 0 bridgehead atoms. The van der Waals surface area contributed by atoms with Gasteiger partial charge in [-0.05, 0) is 44.9 Å². The number of hydrogen-bond donors (Lipinski definition) is 11. The van der Waals surface area contributed by atoms with E-state index in [1.54, 1.807) is 0 Å². The number of carbonyl (C=O) groups excluding carboxylic acids is 3. The summed E-state index contributed by atoms with van der Waals surface area (Å²) < 4.78 is 65.1. The van der Waals surface area contributed by atoms with Crippen molar-refractivity contribution in [3.05, 3.63) is 12.2 Å². The quantitative estimate of drug-likeness (QED) is 0.00886. The molecule has 0 aromatic rings. The molecule has 101 heavy (non-hydrogen) atoms. The van der Waals surface area contributed by atoms with Crippen LogP contribution in [0.5, 0.6) is 0 Å². The second-order valence-electron chi connectivity index (χ2n) is 28.8. The lowest BCUT2D eigenvalue weighted by molar-refractivity contribution is -0.360. The Morgan fingerprint density at radius 2 is 0.693 bits per heavy atom. The maximum atomic E-state index is 14.4. The van der Waals surface area contributed by atoms with Gasteiger partial charge in [-0.1, -0.05) is 270 Å². The maximum Gasteiger partial charge on any atom is 0.472 e. The zero-order valence-electron chi connectivity index (χ0n) is 62.2. The van der Waals surface area contributed by atoms with Gasteiger partial charge in [0, 0.05) is 19.3 Å². The summed E-state index contributed by atoms with van der Waals surface area (Å²) in [6, 6.07) is 0. The number of phosphoric ester groups is 1. The normalized spacial score (nSPS) is 27.2. The van der Waals surface area contributed by atoms with E-state index in [0.29, 0.717) is 19.3 Å². The van der Waals surface area contributed by atoms with E-state index in [4.69, 9.17) is 42.2 Å². The van der Waals surface area contributed by atoms with Crippen LogP contribution >= 0.6 is 7.82 Å². The molecule has 3 aliphatic rings. The predicted molar refractivity (Wildman–Crippen MR) is 384 cm³/mol. The summed E-state index contributed by atoms with van der Waals surface area (Å²) in [6.07, 6.45) is 18.3. The van der Waals surface area contributed by atoms with E-state index in [1.807, 2.05) is 0 Å². The van der Waals surface area contributed by atoms with Gasteiger partial charge < -0.3 is 89.1 Å². The van der Waals surface area contributed by atoms with E-state index in [2.05, 4.69) is 32.9 Å². The van der Waals surface area contributed by atoms with Crippen molar-refractivity contribution < 1.29 is 117 Å². The molecule has 594 valence electrons. The van der Waals surface area contributed by atoms with Crippen molar-refractivity contribution in [1.29, 1.82) is 0 Å². The number of phosphoric acid groups is 1. The van der Waals surface area contributed by atoms with Crippen molar-refractivity contribution in [2.24, 2.45) is 0 Å². The number of allylic oxidation sites excluding steroid dienone is 2. The van der Waals surface area contributed by atoms with Crippen molar-refractivity contribution in [2.75, 3.05) is 26.4 Å². The van der Waals surface area contributed by atoms with Gasteiger partial charge in [-0.3, -0.25) is 23.4 Å². The Kier molecular flexibility index (Phi) is 53.2. The van der Waals surface area contributed by atoms with Crippen LogP contribution in [0.4, 0.5) is 0 Å². The third kappa shape index (κ3) is 40.5. The summed E-state index contributed by atoms with van der Waals surface area (Å²) in [5.41, 5.74) is 0. The highest BCUT2D eigenvalue weighted by molar-refractivity contribution is 7.47. The molecule has 0 aromatic heterocycles. The minimum Gasteiger partial charge on any atom is -0.463 e. The first-order valence-corrected chi connectivity index (χ1v) is 41.5. The average molecular weight is 1470 g/mol. The zero-order chi connectivity index (χ0) is 73.9. The molecule has 3 fully saturated rings. The van der Waals surface area contributed by atoms with Crippen LogP contribution < -0.4 is 0 Å². The minimum atomic E-state index is -5.70. The topological polar surface area (TPSA) is 374 Å². The monoisotopic (exact) mass is 1470 g/mol. The van der Waals surface area contributed by atoms with Gasteiger partial charge in [-0.15, -0.1) is 0 Å². The van der Waals surface area contributed by atoms with Gasteiger partial charge in [0.25, 0.3) is 0 Å². The van der Waals surface area contributed by atoms with Crippen LogP contribution in [0.25, 0.3) is 0 Å². The van der Waals surface area contributed by atoms with Crippen LogP contribution in [-0.2, 0) is 61.2 Å². The molecule has 24 nitrogen and oxygen atoms in total. The number of rotatable bonds is 63. The number of aliphatic hydroxyl groups excluding tert-OH is 10. The van der Waals surface area contributed by atoms with Crippen molar-refractivity contribution >= 4 is 25.7 Å². The van der Waals surface area contributed by atoms with Crippen molar-refractivity contribution in [3.63, 3.8) is 0 Å². The number of aliphatic hydroxyl groups is 10. The minimum absolute atomic E-state index is 0.0282. The van der Waals surface area contributed by atoms with Gasteiger partial charge in [-0.25, -0.2) is 4.57 Å². The van der Waals surface area contributed by atoms with Crippen LogP contribution in [0, 0.1) is 0 Å². The van der Waals surface area contributed by atoms with Crippen LogP contribution in [-0.4, -0.2) is 204 Å². The smallest absolute Gasteiger partial charge is 0.463 e. The fourth-order valence-corrected chi connectivity index (χ4v) is 14.2. The Hall–Kier alpha value is -2.30. The molecule has 18 unspecified atom stereocenters. The lowest BCUT2D eigenvalue weighted by Crippen LogP contribution is -2.69. The number of ether oxygens (including phenoxy) is 7. The molecule has 1 saturated carbocycles. The number of hydrogen-bond acceptors (Lipinski definition) is 23. The van der Waals surface area contributed by atoms with Gasteiger partial charge in [0.15, 0.2) is 18.7 Å². The molecule has 2 heterocycles. The first-order valence-electron chi connectivity index (χ1n) is 40.0. The number of esters is 3. The number of unbranched alkanes of at least 4 members (excludes halogenated alkanes) is 40. The Balaban J connectivity index is 1.71. The Bertz CT molecular complexity index is 2130. The van der Waals surface area contributed by atoms with Crippen molar-refractivity contribution in [2.45, 2.75) is 427 Å². The van der Waals surface area contributed by atoms with Gasteiger partial charge in [0.1, 0.15) is 98.7 Å². The molecule has 1 aliphatic carbocycles. The lowest BCUT2D eigenvalue weighted by Gasteiger charge is -2.49. The van der Waals surface area contributed by atoms with E-state index in [1.165, 1.54) is 167 Å². The highest BCUT2D eigenvalue weighted by Crippen LogP contribution is 2.49. The molecule has 11 N–H and O–H groups in total. The highest BCUT2D eigenvalue weighted by atomic mass is 31.2. The van der Waals surface area contributed by atoms with Gasteiger partial charge >= 0.3 is 25.7 Å². The maximum absolute atomic E-state index is 14.4. The van der Waals surface area contributed by atoms with E-state index in [-0.39, 0.29) is 19.3 Å². The van der Waals surface area contributed by atoms with Crippen molar-refractivity contribution in [3.8, 4) is 0 Å². The summed E-state index contributed by atoms with van der Waals surface area (Å²) in [5.74, 6) is -1.99. The third-order valence-electron chi connectivity index (χ3n) is 19.8. The van der Waals surface area contributed by atoms with E-state index >= 15 is 0 Å². The first kappa shape index (κ1) is 92.9. The fraction of sp³-hybridized carbons (Fsp3) is 0.934. The fourth-order valence-electron chi connectivity index (χ4n) is 13.3. The molecule has 2 saturated heterocycles. The molecule has 0 aromatic carbocycles. The van der Waals surface area contributed by atoms with Crippen LogP contribution in [0.3, 0.4) is 0 Å². The molecular formula is C76H141O24P. The standard InChI is InChI=1S/C76H141O24P/c1-4-7-10-13-16-19-22-25-28-29-31-34-37-40-43-46-49-52-62(80)95-57(54-92-60(78)50-47-44-41-38-35-32-27-24-21-18-15-12-9-6-3)55-94-101(90,91)100-74-72(98-75-70(88)65(83)63(81)58(53-77)96-75)68(86)67(85)69(87)73(74)99-76-71(89)66(84)64(82)59(97-76)56-93-61(79)51-48-45-42-39-36-33-30-26-23-20-17-14-11-8-5-2/h32,35,57-59,63-77,81-89H,4-31,33-34,36-56H2,1-3H3,(H,90,91)/b35-32-. The van der Waals surface area contributed by atoms with E-state index < -0.39 is 156 Å². The molecule has 25 heteroatoms. The third-order valence-corrected chi connectivity index (χ3v) is 20.8. The molecule has 0 radical (unpaired) electrons. The molecule has 0 amide bonds. The first-order chi connectivity index (χ1) is 48.8. The summed E-state index contributed by atoms with van der Waals surface area (Å²) in [4.78, 5) is 51.1. The van der Waals surface area contributed by atoms with Crippen LogP contribution in [0.2, 0.25) is 0 Å². The highest BCUT2D eigenvalue weighted by Gasteiger charge is 2.58. The van der Waals surface area contributed by atoms with E-state index in [0.717, 1.165) is 96.3 Å². The summed E-state index contributed by atoms with van der Waals surface area (Å²) in [6.45, 7) is 3.47. The second-order valence-corrected chi connectivity index (χ2v) is 30.2. The SMILES string of the molecule is CCCCCCCCC/C=C\CCCCCC(=O)OCC(COP(=O)(O)OC1C(OC2OC(CO)C(O)C(O)C2O)C(O)C(O)C(O)C1OC1OC(COC(=O)CCCCCCCCCCCCCCCCC)C(O)C(O)C1O)OC(=O)CCCCCCCCCCCCCCCCCCC. The van der Waals surface area contributed by atoms with Crippen LogP contribution in [0.15, 0.2) is 12.2 Å². The Morgan fingerprint density at radius 1 is 0.376 bits per heavy atom. The Labute approximate surface area is 605 Å². The molecule has 3 rings (SSSR count). The zero-order valence-corrected chi connectivity index (χ0v) is 63.1. The predicted octanol–water partition coefficient (Wildman–Crippen LogP) is 11.9. The van der Waals surface area contributed by atoms with Gasteiger partial charge in [-0.2, -0.15) is 0 Å². The van der Waals surface area contributed by atoms with Gasteiger partial charge in [0.05, 0.1) is 13.2 Å². The van der Waals surface area contributed by atoms with E-state index in [9.17, 15) is 74.9 Å². The number of carbonyl (C=O) groups is 3. The van der Waals surface area contributed by atoms with Crippen LogP contribution in [0.1, 0.15) is 323 Å². The molecule has 2 aliphatic heterocycles. The second kappa shape index (κ2) is 57.8.